The first-order chi connectivity index (χ1) is 7.58. The summed E-state index contributed by atoms with van der Waals surface area (Å²) in [6, 6.07) is 7.68. The molecule has 1 aromatic rings. The Kier molecular flexibility index (Phi) is 3.22. The summed E-state index contributed by atoms with van der Waals surface area (Å²) >= 11 is 0. The van der Waals surface area contributed by atoms with Crippen molar-refractivity contribution in [1.82, 2.24) is 0 Å². The van der Waals surface area contributed by atoms with Crippen molar-refractivity contribution in [3.05, 3.63) is 29.8 Å². The highest BCUT2D eigenvalue weighted by Crippen LogP contribution is 2.41. The standard InChI is InChI=1S/C15H22O/c1-15(2,13-5-3-4-6-13)11-12-7-9-14(16)10-8-12/h7-10,13,16H,3-6,11H2,1-2H3. The van der Waals surface area contributed by atoms with Crippen molar-refractivity contribution in [1.29, 1.82) is 0 Å². The summed E-state index contributed by atoms with van der Waals surface area (Å²) < 4.78 is 0. The van der Waals surface area contributed by atoms with E-state index in [1.807, 2.05) is 12.1 Å². The van der Waals surface area contributed by atoms with Gasteiger partial charge in [-0.3, -0.25) is 0 Å². The normalized spacial score (nSPS) is 17.9. The average molecular weight is 218 g/mol. The predicted molar refractivity (Wildman–Crippen MR) is 67.5 cm³/mol. The van der Waals surface area contributed by atoms with E-state index in [1.165, 1.54) is 31.2 Å². The molecule has 88 valence electrons. The van der Waals surface area contributed by atoms with Crippen LogP contribution in [-0.4, -0.2) is 5.11 Å². The summed E-state index contributed by atoms with van der Waals surface area (Å²) in [6.07, 6.45) is 6.72. The minimum atomic E-state index is 0.363. The lowest BCUT2D eigenvalue weighted by Gasteiger charge is -2.31. The maximum absolute atomic E-state index is 9.27. The van der Waals surface area contributed by atoms with E-state index in [4.69, 9.17) is 0 Å². The molecule has 0 atom stereocenters. The molecular formula is C15H22O. The van der Waals surface area contributed by atoms with Crippen LogP contribution in [0.25, 0.3) is 0 Å². The molecule has 1 heteroatoms. The van der Waals surface area contributed by atoms with E-state index in [0.29, 0.717) is 11.2 Å². The van der Waals surface area contributed by atoms with Crippen molar-refractivity contribution in [3.8, 4) is 5.75 Å². The number of benzene rings is 1. The zero-order chi connectivity index (χ0) is 11.6. The van der Waals surface area contributed by atoms with Crippen LogP contribution >= 0.6 is 0 Å². The molecule has 0 bridgehead atoms. The van der Waals surface area contributed by atoms with Crippen LogP contribution < -0.4 is 0 Å². The van der Waals surface area contributed by atoms with E-state index in [0.717, 1.165) is 12.3 Å². The van der Waals surface area contributed by atoms with Crippen LogP contribution in [0.4, 0.5) is 0 Å². The topological polar surface area (TPSA) is 20.2 Å². The number of hydrogen-bond acceptors (Lipinski definition) is 1. The Labute approximate surface area is 98.5 Å². The van der Waals surface area contributed by atoms with Gasteiger partial charge in [-0.1, -0.05) is 38.8 Å². The summed E-state index contributed by atoms with van der Waals surface area (Å²) in [5.74, 6) is 1.24. The molecule has 16 heavy (non-hydrogen) atoms. The summed E-state index contributed by atoms with van der Waals surface area (Å²) in [6.45, 7) is 4.77. The van der Waals surface area contributed by atoms with E-state index in [1.54, 1.807) is 12.1 Å². The van der Waals surface area contributed by atoms with Gasteiger partial charge in [0.2, 0.25) is 0 Å². The minimum Gasteiger partial charge on any atom is -0.508 e. The van der Waals surface area contributed by atoms with E-state index in [9.17, 15) is 5.11 Å². The molecule has 0 radical (unpaired) electrons. The largest absolute Gasteiger partial charge is 0.508 e. The van der Waals surface area contributed by atoms with Crippen LogP contribution in [0, 0.1) is 11.3 Å². The summed E-state index contributed by atoms with van der Waals surface area (Å²) in [5, 5.41) is 9.27. The molecule has 1 nitrogen and oxygen atoms in total. The second-order valence-corrected chi connectivity index (χ2v) is 5.81. The Balaban J connectivity index is 2.04. The molecule has 0 spiro atoms. The molecule has 0 heterocycles. The average Bonchev–Trinajstić information content (AvgIpc) is 2.75. The van der Waals surface area contributed by atoms with Gasteiger partial charge in [0.05, 0.1) is 0 Å². The lowest BCUT2D eigenvalue weighted by molar-refractivity contribution is 0.215. The fraction of sp³-hybridized carbons (Fsp3) is 0.600. The summed E-state index contributed by atoms with van der Waals surface area (Å²) in [5.41, 5.74) is 1.74. The lowest BCUT2D eigenvalue weighted by Crippen LogP contribution is -2.24. The van der Waals surface area contributed by atoms with Gasteiger partial charge in [0.25, 0.3) is 0 Å². The third-order valence-electron chi connectivity index (χ3n) is 4.06. The van der Waals surface area contributed by atoms with Crippen LogP contribution in [0.1, 0.15) is 45.1 Å². The molecule has 1 aromatic carbocycles. The van der Waals surface area contributed by atoms with Gasteiger partial charge in [-0.15, -0.1) is 0 Å². The fourth-order valence-electron chi connectivity index (χ4n) is 2.99. The van der Waals surface area contributed by atoms with Gasteiger partial charge in [0, 0.05) is 0 Å². The van der Waals surface area contributed by atoms with Gasteiger partial charge in [-0.05, 0) is 48.3 Å². The van der Waals surface area contributed by atoms with Gasteiger partial charge in [0.1, 0.15) is 5.75 Å². The minimum absolute atomic E-state index is 0.363. The molecule has 0 saturated heterocycles. The molecule has 2 rings (SSSR count). The molecule has 0 aromatic heterocycles. The summed E-state index contributed by atoms with van der Waals surface area (Å²) in [7, 11) is 0. The van der Waals surface area contributed by atoms with Crippen LogP contribution in [0.3, 0.4) is 0 Å². The Morgan fingerprint density at radius 1 is 1.12 bits per heavy atom. The molecular weight excluding hydrogens is 196 g/mol. The molecule has 1 saturated carbocycles. The second-order valence-electron chi connectivity index (χ2n) is 5.81. The SMILES string of the molecule is CC(C)(Cc1ccc(O)cc1)C1CCCC1. The Morgan fingerprint density at radius 3 is 2.25 bits per heavy atom. The van der Waals surface area contributed by atoms with Crippen LogP contribution in [0.5, 0.6) is 5.75 Å². The van der Waals surface area contributed by atoms with E-state index in [2.05, 4.69) is 13.8 Å². The van der Waals surface area contributed by atoms with E-state index < -0.39 is 0 Å². The van der Waals surface area contributed by atoms with Crippen LogP contribution in [-0.2, 0) is 6.42 Å². The highest BCUT2D eigenvalue weighted by atomic mass is 16.3. The predicted octanol–water partition coefficient (Wildman–Crippen LogP) is 4.15. The van der Waals surface area contributed by atoms with Gasteiger partial charge < -0.3 is 5.11 Å². The first kappa shape index (κ1) is 11.5. The molecule has 1 fully saturated rings. The van der Waals surface area contributed by atoms with Crippen molar-refractivity contribution >= 4 is 0 Å². The van der Waals surface area contributed by atoms with Crippen molar-refractivity contribution in [2.24, 2.45) is 11.3 Å². The van der Waals surface area contributed by atoms with Crippen LogP contribution in [0.2, 0.25) is 0 Å². The Hall–Kier alpha value is -0.980. The molecule has 1 N–H and O–H groups in total. The third-order valence-corrected chi connectivity index (χ3v) is 4.06. The van der Waals surface area contributed by atoms with Gasteiger partial charge in [-0.2, -0.15) is 0 Å². The fourth-order valence-corrected chi connectivity index (χ4v) is 2.99. The van der Waals surface area contributed by atoms with Crippen molar-refractivity contribution in [3.63, 3.8) is 0 Å². The Morgan fingerprint density at radius 2 is 1.69 bits per heavy atom. The zero-order valence-electron chi connectivity index (χ0n) is 10.4. The van der Waals surface area contributed by atoms with Crippen molar-refractivity contribution in [2.45, 2.75) is 46.0 Å². The molecule has 0 amide bonds. The Bertz CT molecular complexity index is 331. The van der Waals surface area contributed by atoms with Crippen LogP contribution in [0.15, 0.2) is 24.3 Å². The maximum atomic E-state index is 9.27. The highest BCUT2D eigenvalue weighted by molar-refractivity contribution is 5.26. The number of aromatic hydroxyl groups is 1. The smallest absolute Gasteiger partial charge is 0.115 e. The van der Waals surface area contributed by atoms with Gasteiger partial charge in [0.15, 0.2) is 0 Å². The molecule has 0 aliphatic heterocycles. The summed E-state index contributed by atoms with van der Waals surface area (Å²) in [4.78, 5) is 0. The quantitative estimate of drug-likeness (QED) is 0.808. The van der Waals surface area contributed by atoms with Gasteiger partial charge >= 0.3 is 0 Å². The molecule has 1 aliphatic rings. The number of phenols is 1. The first-order valence-electron chi connectivity index (χ1n) is 6.36. The molecule has 1 aliphatic carbocycles. The zero-order valence-corrected chi connectivity index (χ0v) is 10.4. The highest BCUT2D eigenvalue weighted by Gasteiger charge is 2.31. The lowest BCUT2D eigenvalue weighted by atomic mass is 9.73. The van der Waals surface area contributed by atoms with Crippen molar-refractivity contribution in [2.75, 3.05) is 0 Å². The monoisotopic (exact) mass is 218 g/mol. The number of rotatable bonds is 3. The first-order valence-corrected chi connectivity index (χ1v) is 6.36. The number of phenolic OH excluding ortho intramolecular Hbond substituents is 1. The van der Waals surface area contributed by atoms with Crippen molar-refractivity contribution < 1.29 is 5.11 Å². The number of hydrogen-bond donors (Lipinski definition) is 1. The maximum Gasteiger partial charge on any atom is 0.115 e. The van der Waals surface area contributed by atoms with Gasteiger partial charge in [-0.25, -0.2) is 0 Å². The molecule has 0 unspecified atom stereocenters. The van der Waals surface area contributed by atoms with E-state index >= 15 is 0 Å². The second kappa shape index (κ2) is 4.48. The van der Waals surface area contributed by atoms with E-state index in [-0.39, 0.29) is 0 Å². The third kappa shape index (κ3) is 2.58.